The smallest absolute Gasteiger partial charge is 0.258 e. The number of phenols is 1. The van der Waals surface area contributed by atoms with Crippen LogP contribution in [0.4, 0.5) is 5.82 Å². The van der Waals surface area contributed by atoms with Gasteiger partial charge >= 0.3 is 0 Å². The predicted molar refractivity (Wildman–Crippen MR) is 135 cm³/mol. The number of aromatic nitrogens is 2. The van der Waals surface area contributed by atoms with E-state index >= 15 is 0 Å². The molecule has 0 bridgehead atoms. The molecule has 2 aliphatic heterocycles. The molecule has 2 amide bonds. The third kappa shape index (κ3) is 4.55. The van der Waals surface area contributed by atoms with Gasteiger partial charge in [0, 0.05) is 62.8 Å². The van der Waals surface area contributed by atoms with Crippen molar-refractivity contribution in [1.29, 1.82) is 0 Å². The fourth-order valence-electron chi connectivity index (χ4n) is 4.69. The van der Waals surface area contributed by atoms with Gasteiger partial charge < -0.3 is 25.1 Å². The molecule has 0 aliphatic carbocycles. The molecule has 3 N–H and O–H groups in total. The van der Waals surface area contributed by atoms with E-state index in [2.05, 4.69) is 41.3 Å². The molecule has 1 fully saturated rings. The molecule has 35 heavy (non-hydrogen) atoms. The summed E-state index contributed by atoms with van der Waals surface area (Å²) in [7, 11) is 2.06. The van der Waals surface area contributed by atoms with E-state index in [1.165, 1.54) is 0 Å². The summed E-state index contributed by atoms with van der Waals surface area (Å²) in [6, 6.07) is 8.96. The van der Waals surface area contributed by atoms with E-state index in [-0.39, 0.29) is 23.1 Å². The molecule has 0 unspecified atom stereocenters. The van der Waals surface area contributed by atoms with Gasteiger partial charge in [-0.25, -0.2) is 0 Å². The molecule has 0 spiro atoms. The van der Waals surface area contributed by atoms with Crippen LogP contribution in [0.25, 0.3) is 10.9 Å². The summed E-state index contributed by atoms with van der Waals surface area (Å²) in [6.07, 6.45) is 0. The van der Waals surface area contributed by atoms with Gasteiger partial charge in [0.05, 0.1) is 11.1 Å². The molecule has 3 aromatic rings. The highest BCUT2D eigenvalue weighted by molar-refractivity contribution is 6.03. The average Bonchev–Trinajstić information content (AvgIpc) is 3.45. The van der Waals surface area contributed by atoms with Gasteiger partial charge in [-0.05, 0) is 42.3 Å². The number of aromatic amines is 1. The number of fused-ring (bicyclic) bond motifs is 2. The minimum atomic E-state index is -0.247. The lowest BCUT2D eigenvalue weighted by Gasteiger charge is -2.32. The quantitative estimate of drug-likeness (QED) is 0.523. The number of hydrogen-bond donors (Lipinski definition) is 3. The Balaban J connectivity index is 1.34. The van der Waals surface area contributed by atoms with Crippen LogP contribution in [0.3, 0.4) is 0 Å². The van der Waals surface area contributed by atoms with Gasteiger partial charge in [0.25, 0.3) is 11.8 Å². The van der Waals surface area contributed by atoms with Crippen molar-refractivity contribution in [3.63, 3.8) is 0 Å². The average molecular weight is 477 g/mol. The highest BCUT2D eigenvalue weighted by atomic mass is 16.3. The lowest BCUT2D eigenvalue weighted by atomic mass is 10.1. The Labute approximate surface area is 204 Å². The summed E-state index contributed by atoms with van der Waals surface area (Å²) in [5.74, 6) is 0.817. The van der Waals surface area contributed by atoms with Crippen LogP contribution in [-0.2, 0) is 13.1 Å². The maximum Gasteiger partial charge on any atom is 0.258 e. The highest BCUT2D eigenvalue weighted by Gasteiger charge is 2.28. The molecular weight excluding hydrogens is 444 g/mol. The van der Waals surface area contributed by atoms with Crippen molar-refractivity contribution < 1.29 is 14.7 Å². The standard InChI is InChI=1S/C26H32N6O3/c1-16(2)13-27-24-20-11-21(23(33)12-22(20)28-29-24)26(35)32-14-18-5-4-17(10-19(18)15-32)25(34)31-8-6-30(3)7-9-31/h4-5,10-12,16,33H,6-9,13-15H2,1-3H3,(H2,27,28,29). The zero-order valence-electron chi connectivity index (χ0n) is 20.5. The first kappa shape index (κ1) is 23.2. The van der Waals surface area contributed by atoms with Crippen molar-refractivity contribution >= 4 is 28.5 Å². The Hall–Kier alpha value is -3.59. The van der Waals surface area contributed by atoms with E-state index in [9.17, 15) is 14.7 Å². The Bertz CT molecular complexity index is 1280. The van der Waals surface area contributed by atoms with Crippen LogP contribution < -0.4 is 5.32 Å². The van der Waals surface area contributed by atoms with E-state index in [0.29, 0.717) is 35.9 Å². The van der Waals surface area contributed by atoms with Crippen molar-refractivity contribution in [2.45, 2.75) is 26.9 Å². The van der Waals surface area contributed by atoms with Crippen molar-refractivity contribution in [2.75, 3.05) is 45.1 Å². The number of likely N-dealkylation sites (N-methyl/N-ethyl adjacent to an activating group) is 1. The number of carbonyl (C=O) groups excluding carboxylic acids is 2. The summed E-state index contributed by atoms with van der Waals surface area (Å²) in [4.78, 5) is 32.2. The van der Waals surface area contributed by atoms with E-state index in [1.807, 2.05) is 23.1 Å². The second kappa shape index (κ2) is 9.22. The largest absolute Gasteiger partial charge is 0.507 e. The molecule has 2 aliphatic rings. The van der Waals surface area contributed by atoms with Crippen LogP contribution in [0.5, 0.6) is 5.75 Å². The Kier molecular flexibility index (Phi) is 6.10. The molecule has 0 atom stereocenters. The minimum absolute atomic E-state index is 0.0372. The van der Waals surface area contributed by atoms with Crippen LogP contribution in [0.2, 0.25) is 0 Å². The maximum absolute atomic E-state index is 13.4. The summed E-state index contributed by atoms with van der Waals surface area (Å²) in [6.45, 7) is 9.01. The first-order valence-electron chi connectivity index (χ1n) is 12.1. The minimum Gasteiger partial charge on any atom is -0.507 e. The van der Waals surface area contributed by atoms with Gasteiger partial charge in [-0.1, -0.05) is 19.9 Å². The SMILES string of the molecule is CC(C)CNc1n[nH]c2cc(O)c(C(=O)N3Cc4ccc(C(=O)N5CCN(C)CC5)cc4C3)cc12. The molecule has 5 rings (SSSR count). The highest BCUT2D eigenvalue weighted by Crippen LogP contribution is 2.32. The Morgan fingerprint density at radius 2 is 1.77 bits per heavy atom. The molecule has 0 radical (unpaired) electrons. The first-order valence-corrected chi connectivity index (χ1v) is 12.1. The topological polar surface area (TPSA) is 105 Å². The van der Waals surface area contributed by atoms with E-state index in [4.69, 9.17) is 0 Å². The number of anilines is 1. The predicted octanol–water partition coefficient (Wildman–Crippen LogP) is 2.88. The number of H-pyrrole nitrogens is 1. The van der Waals surface area contributed by atoms with Gasteiger partial charge in [-0.3, -0.25) is 14.7 Å². The van der Waals surface area contributed by atoms with Gasteiger partial charge in [-0.15, -0.1) is 0 Å². The lowest BCUT2D eigenvalue weighted by Crippen LogP contribution is -2.47. The lowest BCUT2D eigenvalue weighted by molar-refractivity contribution is 0.0663. The van der Waals surface area contributed by atoms with Gasteiger partial charge in [0.2, 0.25) is 0 Å². The summed E-state index contributed by atoms with van der Waals surface area (Å²) in [5, 5.41) is 21.9. The van der Waals surface area contributed by atoms with Crippen molar-refractivity contribution in [3.8, 4) is 5.75 Å². The summed E-state index contributed by atoms with van der Waals surface area (Å²) >= 11 is 0. The summed E-state index contributed by atoms with van der Waals surface area (Å²) in [5.41, 5.74) is 3.57. The van der Waals surface area contributed by atoms with Crippen LogP contribution in [0.15, 0.2) is 30.3 Å². The van der Waals surface area contributed by atoms with Crippen molar-refractivity contribution in [3.05, 3.63) is 52.6 Å². The Morgan fingerprint density at radius 3 is 2.51 bits per heavy atom. The number of piperazine rings is 1. The number of nitrogens with one attached hydrogen (secondary N) is 2. The van der Waals surface area contributed by atoms with E-state index in [1.54, 1.807) is 17.0 Å². The van der Waals surface area contributed by atoms with E-state index in [0.717, 1.165) is 49.2 Å². The molecule has 184 valence electrons. The van der Waals surface area contributed by atoms with Crippen LogP contribution in [0.1, 0.15) is 45.7 Å². The van der Waals surface area contributed by atoms with Crippen molar-refractivity contribution in [2.24, 2.45) is 5.92 Å². The third-order valence-corrected chi connectivity index (χ3v) is 6.84. The monoisotopic (exact) mass is 476 g/mol. The van der Waals surface area contributed by atoms with Gasteiger partial charge in [0.1, 0.15) is 5.75 Å². The molecule has 9 nitrogen and oxygen atoms in total. The number of aromatic hydroxyl groups is 1. The first-order chi connectivity index (χ1) is 16.8. The molecular formula is C26H32N6O3. The fraction of sp³-hybridized carbons (Fsp3) is 0.423. The fourth-order valence-corrected chi connectivity index (χ4v) is 4.69. The number of hydrogen-bond acceptors (Lipinski definition) is 6. The maximum atomic E-state index is 13.4. The molecule has 1 saturated heterocycles. The summed E-state index contributed by atoms with van der Waals surface area (Å²) < 4.78 is 0. The normalized spacial score (nSPS) is 16.2. The van der Waals surface area contributed by atoms with Crippen LogP contribution >= 0.6 is 0 Å². The van der Waals surface area contributed by atoms with Gasteiger partial charge in [0.15, 0.2) is 5.82 Å². The van der Waals surface area contributed by atoms with Crippen LogP contribution in [0, 0.1) is 5.92 Å². The van der Waals surface area contributed by atoms with Gasteiger partial charge in [-0.2, -0.15) is 5.10 Å². The second-order valence-electron chi connectivity index (χ2n) is 10.0. The zero-order chi connectivity index (χ0) is 24.7. The molecule has 1 aromatic heterocycles. The zero-order valence-corrected chi connectivity index (χ0v) is 20.5. The second-order valence-corrected chi connectivity index (χ2v) is 10.0. The van der Waals surface area contributed by atoms with Crippen LogP contribution in [-0.4, -0.2) is 81.6 Å². The molecule has 3 heterocycles. The number of phenolic OH excluding ortho intramolecular Hbond substituents is 1. The number of benzene rings is 2. The number of rotatable bonds is 5. The number of carbonyl (C=O) groups is 2. The van der Waals surface area contributed by atoms with Crippen molar-refractivity contribution in [1.82, 2.24) is 24.9 Å². The Morgan fingerprint density at radius 1 is 1.03 bits per heavy atom. The van der Waals surface area contributed by atoms with E-state index < -0.39 is 0 Å². The molecule has 0 saturated carbocycles. The number of nitrogens with zero attached hydrogens (tertiary/aromatic N) is 4. The molecule has 2 aromatic carbocycles. The number of amides is 2. The molecule has 9 heteroatoms. The third-order valence-electron chi connectivity index (χ3n) is 6.84.